The summed E-state index contributed by atoms with van der Waals surface area (Å²) in [5.41, 5.74) is 0.748. The Morgan fingerprint density at radius 3 is 2.54 bits per heavy atom. The lowest BCUT2D eigenvalue weighted by Gasteiger charge is -2.11. The first-order chi connectivity index (χ1) is 12.2. The maximum Gasteiger partial charge on any atom is 0.224 e. The Kier molecular flexibility index (Phi) is 10.8. The molecule has 0 aliphatic carbocycles. The standard InChI is InChI=1S/C18H23ClN4O2.HI/c1-20-18(22-12-10-16-4-3-13-25-16)21-11-2-5-17(24)23-15-8-6-14(19)7-9-15;/h3-4,6-9,13H,2,5,10-12H2,1H3,(H,23,24)(H2,20,21,22);1H. The number of carbonyl (C=O) groups is 1. The summed E-state index contributed by atoms with van der Waals surface area (Å²) in [7, 11) is 1.72. The van der Waals surface area contributed by atoms with Gasteiger partial charge in [-0.25, -0.2) is 0 Å². The smallest absolute Gasteiger partial charge is 0.224 e. The number of nitrogens with zero attached hydrogens (tertiary/aromatic N) is 1. The van der Waals surface area contributed by atoms with Crippen LogP contribution < -0.4 is 16.0 Å². The van der Waals surface area contributed by atoms with Gasteiger partial charge < -0.3 is 20.4 Å². The van der Waals surface area contributed by atoms with Crippen LogP contribution in [-0.4, -0.2) is 32.0 Å². The molecule has 0 aliphatic heterocycles. The van der Waals surface area contributed by atoms with Gasteiger partial charge >= 0.3 is 0 Å². The van der Waals surface area contributed by atoms with Gasteiger partial charge in [-0.1, -0.05) is 11.6 Å². The number of hydrogen-bond donors (Lipinski definition) is 3. The highest BCUT2D eigenvalue weighted by Gasteiger charge is 2.03. The minimum atomic E-state index is -0.0233. The van der Waals surface area contributed by atoms with Crippen molar-refractivity contribution in [1.82, 2.24) is 10.6 Å². The van der Waals surface area contributed by atoms with Crippen LogP contribution in [0.3, 0.4) is 0 Å². The molecule has 0 bridgehead atoms. The predicted octanol–water partition coefficient (Wildman–Crippen LogP) is 3.68. The van der Waals surface area contributed by atoms with Gasteiger partial charge in [-0.2, -0.15) is 0 Å². The van der Waals surface area contributed by atoms with Gasteiger partial charge in [0.1, 0.15) is 5.76 Å². The first-order valence-corrected chi connectivity index (χ1v) is 8.57. The van der Waals surface area contributed by atoms with Crippen molar-refractivity contribution in [2.45, 2.75) is 19.3 Å². The number of rotatable bonds is 8. The summed E-state index contributed by atoms with van der Waals surface area (Å²) in [5.74, 6) is 1.62. The van der Waals surface area contributed by atoms with E-state index in [9.17, 15) is 4.79 Å². The number of hydrogen-bond acceptors (Lipinski definition) is 3. The molecule has 0 saturated heterocycles. The zero-order chi connectivity index (χ0) is 17.9. The maximum atomic E-state index is 11.9. The molecule has 6 nitrogen and oxygen atoms in total. The highest BCUT2D eigenvalue weighted by molar-refractivity contribution is 14.0. The van der Waals surface area contributed by atoms with Crippen LogP contribution in [0, 0.1) is 0 Å². The van der Waals surface area contributed by atoms with E-state index in [-0.39, 0.29) is 29.9 Å². The van der Waals surface area contributed by atoms with Gasteiger partial charge in [-0.15, -0.1) is 24.0 Å². The number of anilines is 1. The van der Waals surface area contributed by atoms with Crippen molar-refractivity contribution < 1.29 is 9.21 Å². The fourth-order valence-electron chi connectivity index (χ4n) is 2.19. The number of amides is 1. The second-order valence-corrected chi connectivity index (χ2v) is 5.85. The van der Waals surface area contributed by atoms with Crippen LogP contribution in [0.2, 0.25) is 5.02 Å². The predicted molar refractivity (Wildman–Crippen MR) is 117 cm³/mol. The summed E-state index contributed by atoms with van der Waals surface area (Å²) in [5, 5.41) is 9.88. The third-order valence-corrected chi connectivity index (χ3v) is 3.72. The fraction of sp³-hybridized carbons (Fsp3) is 0.333. The largest absolute Gasteiger partial charge is 0.469 e. The Hall–Kier alpha value is -1.74. The summed E-state index contributed by atoms with van der Waals surface area (Å²) < 4.78 is 5.28. The molecular formula is C18H24ClIN4O2. The lowest BCUT2D eigenvalue weighted by atomic mass is 10.2. The third kappa shape index (κ3) is 8.57. The highest BCUT2D eigenvalue weighted by Crippen LogP contribution is 2.13. The molecule has 2 aromatic rings. The monoisotopic (exact) mass is 490 g/mol. The van der Waals surface area contributed by atoms with E-state index in [4.69, 9.17) is 16.0 Å². The average Bonchev–Trinajstić information content (AvgIpc) is 3.12. The maximum absolute atomic E-state index is 11.9. The number of aliphatic imine (C=N–C) groups is 1. The molecule has 0 radical (unpaired) electrons. The van der Waals surface area contributed by atoms with Crippen molar-refractivity contribution in [2.75, 3.05) is 25.5 Å². The molecule has 3 N–H and O–H groups in total. The van der Waals surface area contributed by atoms with Crippen molar-refractivity contribution in [2.24, 2.45) is 4.99 Å². The SMILES string of the molecule is CN=C(NCCCC(=O)Nc1ccc(Cl)cc1)NCCc1ccco1.I. The van der Waals surface area contributed by atoms with Gasteiger partial charge in [0.2, 0.25) is 5.91 Å². The molecule has 1 heterocycles. The van der Waals surface area contributed by atoms with Crippen LogP contribution in [0.15, 0.2) is 52.1 Å². The molecule has 8 heteroatoms. The minimum absolute atomic E-state index is 0. The van der Waals surface area contributed by atoms with Crippen LogP contribution in [-0.2, 0) is 11.2 Å². The molecule has 142 valence electrons. The number of guanidine groups is 1. The minimum Gasteiger partial charge on any atom is -0.469 e. The summed E-state index contributed by atoms with van der Waals surface area (Å²) in [4.78, 5) is 16.0. The van der Waals surface area contributed by atoms with Crippen LogP contribution >= 0.6 is 35.6 Å². The molecule has 1 aromatic carbocycles. The first-order valence-electron chi connectivity index (χ1n) is 8.19. The summed E-state index contributed by atoms with van der Waals surface area (Å²) in [6.45, 7) is 1.39. The van der Waals surface area contributed by atoms with Crippen LogP contribution in [0.4, 0.5) is 5.69 Å². The van der Waals surface area contributed by atoms with E-state index in [0.29, 0.717) is 30.4 Å². The number of benzene rings is 1. The van der Waals surface area contributed by atoms with Gasteiger partial charge in [-0.05, 0) is 42.8 Å². The van der Waals surface area contributed by atoms with E-state index in [1.807, 2.05) is 12.1 Å². The van der Waals surface area contributed by atoms with E-state index in [1.54, 1.807) is 37.6 Å². The normalized spacial score (nSPS) is 10.8. The third-order valence-electron chi connectivity index (χ3n) is 3.47. The van der Waals surface area contributed by atoms with Crippen molar-refractivity contribution in [3.63, 3.8) is 0 Å². The molecule has 2 rings (SSSR count). The molecule has 26 heavy (non-hydrogen) atoms. The van der Waals surface area contributed by atoms with Crippen molar-refractivity contribution in [3.8, 4) is 0 Å². The Morgan fingerprint density at radius 2 is 1.88 bits per heavy atom. The lowest BCUT2D eigenvalue weighted by molar-refractivity contribution is -0.116. The van der Waals surface area contributed by atoms with E-state index in [0.717, 1.165) is 24.4 Å². The number of furan rings is 1. The molecule has 0 saturated carbocycles. The molecular weight excluding hydrogens is 467 g/mol. The summed E-state index contributed by atoms with van der Waals surface area (Å²) in [6.07, 6.45) is 3.59. The molecule has 0 atom stereocenters. The second kappa shape index (κ2) is 12.6. The van der Waals surface area contributed by atoms with Crippen LogP contribution in [0.25, 0.3) is 0 Å². The van der Waals surface area contributed by atoms with Crippen LogP contribution in [0.1, 0.15) is 18.6 Å². The lowest BCUT2D eigenvalue weighted by Crippen LogP contribution is -2.38. The Morgan fingerprint density at radius 1 is 1.15 bits per heavy atom. The van der Waals surface area contributed by atoms with Gasteiger partial charge in [0.25, 0.3) is 0 Å². The molecule has 0 spiro atoms. The quantitative estimate of drug-likeness (QED) is 0.228. The van der Waals surface area contributed by atoms with Gasteiger partial charge in [0.05, 0.1) is 6.26 Å². The Balaban J connectivity index is 0.00000338. The topological polar surface area (TPSA) is 78.7 Å². The molecule has 1 amide bonds. The summed E-state index contributed by atoms with van der Waals surface area (Å²) in [6, 6.07) is 10.9. The number of halogens is 2. The zero-order valence-corrected chi connectivity index (χ0v) is 17.7. The Bertz CT molecular complexity index is 675. The molecule has 0 unspecified atom stereocenters. The van der Waals surface area contributed by atoms with Crippen molar-refractivity contribution in [3.05, 3.63) is 53.4 Å². The van der Waals surface area contributed by atoms with Crippen LogP contribution in [0.5, 0.6) is 0 Å². The zero-order valence-electron chi connectivity index (χ0n) is 14.6. The Labute approximate surface area is 175 Å². The number of nitrogens with one attached hydrogen (secondary N) is 3. The van der Waals surface area contributed by atoms with Gasteiger partial charge in [0, 0.05) is 43.7 Å². The van der Waals surface area contributed by atoms with Crippen molar-refractivity contribution >= 4 is 53.1 Å². The second-order valence-electron chi connectivity index (χ2n) is 5.41. The fourth-order valence-corrected chi connectivity index (χ4v) is 2.32. The van der Waals surface area contributed by atoms with Gasteiger partial charge in [-0.3, -0.25) is 9.79 Å². The summed E-state index contributed by atoms with van der Waals surface area (Å²) >= 11 is 5.82. The molecule has 1 aromatic heterocycles. The van der Waals surface area contributed by atoms with E-state index in [1.165, 1.54) is 0 Å². The molecule has 0 aliphatic rings. The van der Waals surface area contributed by atoms with Crippen molar-refractivity contribution in [1.29, 1.82) is 0 Å². The van der Waals surface area contributed by atoms with E-state index >= 15 is 0 Å². The van der Waals surface area contributed by atoms with E-state index in [2.05, 4.69) is 20.9 Å². The van der Waals surface area contributed by atoms with Gasteiger partial charge in [0.15, 0.2) is 5.96 Å². The molecule has 0 fully saturated rings. The first kappa shape index (κ1) is 22.3. The van der Waals surface area contributed by atoms with E-state index < -0.39 is 0 Å². The average molecular weight is 491 g/mol. The highest BCUT2D eigenvalue weighted by atomic mass is 127. The number of carbonyl (C=O) groups excluding carboxylic acids is 1.